The van der Waals surface area contributed by atoms with E-state index in [2.05, 4.69) is 31.9 Å². The minimum atomic E-state index is -4.03. The van der Waals surface area contributed by atoms with Crippen LogP contribution in [0.3, 0.4) is 0 Å². The lowest BCUT2D eigenvalue weighted by Gasteiger charge is -2.32. The van der Waals surface area contributed by atoms with E-state index in [0.29, 0.717) is 37.7 Å². The standard InChI is InChI=1S/C17H13BBr2F2N2O2/c1-25-11-7-10(8-12(9-11)26-2)17-13-3-5-15(19)23(13)18(21,22)24-14(17)4-6-16(24)20/h3-9H,1-2H3. The Hall–Kier alpha value is -1.87. The number of hydrogen-bond acceptors (Lipinski definition) is 2. The van der Waals surface area contributed by atoms with Crippen LogP contribution in [0.5, 0.6) is 11.5 Å². The van der Waals surface area contributed by atoms with Gasteiger partial charge in [-0.25, -0.2) is 0 Å². The summed E-state index contributed by atoms with van der Waals surface area (Å²) < 4.78 is 43.8. The first-order valence-electron chi connectivity index (χ1n) is 7.75. The SMILES string of the molecule is COc1cc(OC)cc(C2=C3C=CC(Br)=[N+]3[B-](F)(F)n3c(Br)ccc32)c1. The number of allylic oxidation sites excluding steroid dienone is 2. The van der Waals surface area contributed by atoms with Crippen molar-refractivity contribution in [3.05, 3.63) is 64.0 Å². The summed E-state index contributed by atoms with van der Waals surface area (Å²) in [7, 11) is 3.11. The molecular weight excluding hydrogens is 473 g/mol. The maximum absolute atomic E-state index is 15.2. The number of ether oxygens (including phenoxy) is 2. The van der Waals surface area contributed by atoms with Crippen LogP contribution in [0.1, 0.15) is 11.3 Å². The van der Waals surface area contributed by atoms with E-state index in [1.165, 1.54) is 0 Å². The van der Waals surface area contributed by atoms with E-state index in [0.717, 1.165) is 14.5 Å². The second-order valence-corrected chi connectivity index (χ2v) is 7.51. The molecule has 9 heteroatoms. The molecule has 0 saturated heterocycles. The van der Waals surface area contributed by atoms with E-state index in [1.807, 2.05) is 12.1 Å². The number of aromatic nitrogens is 1. The van der Waals surface area contributed by atoms with Crippen LogP contribution in [0, 0.1) is 0 Å². The van der Waals surface area contributed by atoms with E-state index >= 15 is 8.63 Å². The molecule has 0 N–H and O–H groups in total. The van der Waals surface area contributed by atoms with Crippen LogP contribution < -0.4 is 9.47 Å². The molecule has 2 aliphatic heterocycles. The molecule has 0 saturated carbocycles. The van der Waals surface area contributed by atoms with Gasteiger partial charge in [-0.1, -0.05) is 0 Å². The Labute approximate surface area is 165 Å². The predicted octanol–water partition coefficient (Wildman–Crippen LogP) is 4.64. The second-order valence-electron chi connectivity index (χ2n) is 5.89. The van der Waals surface area contributed by atoms with Crippen LogP contribution in [0.15, 0.2) is 52.8 Å². The van der Waals surface area contributed by atoms with Gasteiger partial charge in [0.2, 0.25) is 4.62 Å². The molecule has 0 atom stereocenters. The summed E-state index contributed by atoms with van der Waals surface area (Å²) in [6, 6.07) is 8.68. The van der Waals surface area contributed by atoms with Crippen molar-refractivity contribution in [2.24, 2.45) is 0 Å². The third-order valence-electron chi connectivity index (χ3n) is 4.51. The zero-order chi connectivity index (χ0) is 18.6. The average molecular weight is 486 g/mol. The van der Waals surface area contributed by atoms with Crippen molar-refractivity contribution < 1.29 is 22.6 Å². The van der Waals surface area contributed by atoms with Gasteiger partial charge < -0.3 is 27.1 Å². The molecular formula is C17H13BBr2F2N2O2. The molecule has 0 amide bonds. The number of methoxy groups -OCH3 is 2. The fourth-order valence-corrected chi connectivity index (χ4v) is 4.52. The van der Waals surface area contributed by atoms with Crippen LogP contribution in [0.4, 0.5) is 8.63 Å². The Morgan fingerprint density at radius 2 is 1.65 bits per heavy atom. The average Bonchev–Trinajstić information content (AvgIpc) is 3.19. The Morgan fingerprint density at radius 1 is 1.00 bits per heavy atom. The van der Waals surface area contributed by atoms with Gasteiger partial charge in [0, 0.05) is 39.8 Å². The Bertz CT molecular complexity index is 1010. The Kier molecular flexibility index (Phi) is 4.11. The number of halogens is 4. The van der Waals surface area contributed by atoms with Gasteiger partial charge in [-0.15, -0.1) is 0 Å². The van der Waals surface area contributed by atoms with Gasteiger partial charge in [-0.2, -0.15) is 0 Å². The number of benzene rings is 1. The number of fused-ring (bicyclic) bond motifs is 2. The summed E-state index contributed by atoms with van der Waals surface area (Å²) in [6.45, 7) is -4.03. The molecule has 134 valence electrons. The minimum absolute atomic E-state index is 0.316. The lowest BCUT2D eigenvalue weighted by atomic mass is 9.86. The highest BCUT2D eigenvalue weighted by Gasteiger charge is 2.54. The number of rotatable bonds is 3. The monoisotopic (exact) mass is 484 g/mol. The van der Waals surface area contributed by atoms with Crippen LogP contribution in [-0.2, 0) is 0 Å². The Morgan fingerprint density at radius 3 is 2.27 bits per heavy atom. The lowest BCUT2D eigenvalue weighted by molar-refractivity contribution is -0.358. The van der Waals surface area contributed by atoms with E-state index < -0.39 is 6.97 Å². The maximum atomic E-state index is 15.2. The Balaban J connectivity index is 2.08. The highest BCUT2D eigenvalue weighted by Crippen LogP contribution is 2.43. The zero-order valence-corrected chi connectivity index (χ0v) is 17.0. The van der Waals surface area contributed by atoms with Crippen molar-refractivity contribution in [2.75, 3.05) is 14.2 Å². The van der Waals surface area contributed by atoms with Gasteiger partial charge in [0.1, 0.15) is 11.5 Å². The topological polar surface area (TPSA) is 26.4 Å². The van der Waals surface area contributed by atoms with Crippen molar-refractivity contribution in [3.8, 4) is 11.5 Å². The summed E-state index contributed by atoms with van der Waals surface area (Å²) in [5, 5.41) is 0. The lowest BCUT2D eigenvalue weighted by Crippen LogP contribution is -2.50. The smallest absolute Gasteiger partial charge is 0.497 e. The number of nitrogens with zero attached hydrogens (tertiary/aromatic N) is 2. The second kappa shape index (κ2) is 6.09. The van der Waals surface area contributed by atoms with Gasteiger partial charge >= 0.3 is 6.97 Å². The molecule has 0 radical (unpaired) electrons. The van der Waals surface area contributed by atoms with E-state index in [1.54, 1.807) is 44.6 Å². The number of hydrogen-bond donors (Lipinski definition) is 0. The molecule has 0 fully saturated rings. The summed E-state index contributed by atoms with van der Waals surface area (Å²) in [6.07, 6.45) is 3.31. The van der Waals surface area contributed by atoms with Crippen LogP contribution >= 0.6 is 31.9 Å². The van der Waals surface area contributed by atoms with Crippen molar-refractivity contribution in [1.82, 2.24) is 4.48 Å². The normalized spacial score (nSPS) is 17.5. The first-order chi connectivity index (χ1) is 12.4. The fourth-order valence-electron chi connectivity index (χ4n) is 3.38. The van der Waals surface area contributed by atoms with Crippen LogP contribution in [0.25, 0.3) is 5.57 Å². The van der Waals surface area contributed by atoms with E-state index in [-0.39, 0.29) is 0 Å². The van der Waals surface area contributed by atoms with Crippen molar-refractivity contribution >= 4 is 49.0 Å². The molecule has 4 rings (SSSR count). The summed E-state index contributed by atoms with van der Waals surface area (Å²) in [5.41, 5.74) is 2.25. The van der Waals surface area contributed by atoms with Crippen LogP contribution in [0.2, 0.25) is 0 Å². The van der Waals surface area contributed by atoms with Gasteiger partial charge in [-0.05, 0) is 45.8 Å². The van der Waals surface area contributed by atoms with Gasteiger partial charge in [0.05, 0.1) is 24.4 Å². The molecule has 0 bridgehead atoms. The molecule has 3 heterocycles. The first kappa shape index (κ1) is 17.5. The zero-order valence-electron chi connectivity index (χ0n) is 13.8. The largest absolute Gasteiger partial charge is 0.738 e. The maximum Gasteiger partial charge on any atom is 0.738 e. The summed E-state index contributed by atoms with van der Waals surface area (Å²) >= 11 is 6.51. The van der Waals surface area contributed by atoms with Crippen molar-refractivity contribution in [2.45, 2.75) is 0 Å². The summed E-state index contributed by atoms with van der Waals surface area (Å²) in [4.78, 5) is 0. The highest BCUT2D eigenvalue weighted by molar-refractivity contribution is 9.18. The fraction of sp³-hybridized carbons (Fsp3) is 0.118. The molecule has 1 aromatic heterocycles. The molecule has 0 unspecified atom stereocenters. The predicted molar refractivity (Wildman–Crippen MR) is 104 cm³/mol. The first-order valence-corrected chi connectivity index (χ1v) is 9.34. The summed E-state index contributed by atoms with van der Waals surface area (Å²) in [5.74, 6) is 1.17. The van der Waals surface area contributed by atoms with Gasteiger partial charge in [0.25, 0.3) is 0 Å². The molecule has 0 aliphatic carbocycles. The molecule has 0 spiro atoms. The van der Waals surface area contributed by atoms with Crippen molar-refractivity contribution in [1.29, 1.82) is 0 Å². The van der Waals surface area contributed by atoms with E-state index in [4.69, 9.17) is 9.47 Å². The van der Waals surface area contributed by atoms with Crippen molar-refractivity contribution in [3.63, 3.8) is 0 Å². The molecule has 4 nitrogen and oxygen atoms in total. The van der Waals surface area contributed by atoms with Gasteiger partial charge in [-0.3, -0.25) is 0 Å². The highest BCUT2D eigenvalue weighted by atomic mass is 79.9. The van der Waals surface area contributed by atoms with Crippen LogP contribution in [-0.4, -0.2) is 34.8 Å². The molecule has 26 heavy (non-hydrogen) atoms. The van der Waals surface area contributed by atoms with Gasteiger partial charge in [0.15, 0.2) is 5.70 Å². The quantitative estimate of drug-likeness (QED) is 0.592. The minimum Gasteiger partial charge on any atom is -0.497 e. The molecule has 2 aromatic rings. The third kappa shape index (κ3) is 2.40. The molecule has 1 aromatic carbocycles. The van der Waals surface area contributed by atoms with E-state index in [9.17, 15) is 0 Å². The molecule has 2 aliphatic rings. The third-order valence-corrected chi connectivity index (χ3v) is 5.80.